The molecule has 8 nitrogen and oxygen atoms in total. The average molecular weight is 436 g/mol. The van der Waals surface area contributed by atoms with Gasteiger partial charge in [-0.05, 0) is 33.7 Å². The number of benzene rings is 4. The van der Waals surface area contributed by atoms with Crippen molar-refractivity contribution >= 4 is 65.5 Å². The summed E-state index contributed by atoms with van der Waals surface area (Å²) in [6.45, 7) is 0. The molecule has 0 atom stereocenters. The molecule has 0 bridgehead atoms. The molecule has 2 heterocycles. The zero-order chi connectivity index (χ0) is 23.7. The van der Waals surface area contributed by atoms with Gasteiger partial charge in [0.1, 0.15) is 24.3 Å². The van der Waals surface area contributed by atoms with Crippen molar-refractivity contribution in [3.63, 3.8) is 0 Å². The van der Waals surface area contributed by atoms with E-state index in [1.807, 2.05) is 74.8 Å². The monoisotopic (exact) mass is 436 g/mol. The van der Waals surface area contributed by atoms with E-state index < -0.39 is 0 Å². The second kappa shape index (κ2) is 6.53. The lowest BCUT2D eigenvalue weighted by Crippen LogP contribution is -2.17. The third-order valence-electron chi connectivity index (χ3n) is 6.46. The Morgan fingerprint density at radius 3 is 1.38 bits per heavy atom. The zero-order valence-electron chi connectivity index (χ0n) is 18.0. The molecule has 4 aromatic carbocycles. The van der Waals surface area contributed by atoms with Gasteiger partial charge in [0.25, 0.3) is 0 Å². The molecule has 8 heteroatoms. The molecular formula is C26H12N8. The summed E-state index contributed by atoms with van der Waals surface area (Å²) >= 11 is 0. The fourth-order valence-corrected chi connectivity index (χ4v) is 5.05. The molecule has 0 unspecified atom stereocenters. The van der Waals surface area contributed by atoms with E-state index in [1.165, 1.54) is 0 Å². The number of nitriles is 4. The highest BCUT2D eigenvalue weighted by molar-refractivity contribution is 6.31. The van der Waals surface area contributed by atoms with Crippen molar-refractivity contribution in [1.29, 1.82) is 21.0 Å². The van der Waals surface area contributed by atoms with Crippen molar-refractivity contribution in [1.82, 2.24) is 19.1 Å². The van der Waals surface area contributed by atoms with Crippen LogP contribution in [0.2, 0.25) is 0 Å². The summed E-state index contributed by atoms with van der Waals surface area (Å²) < 4.78 is 3.59. The molecule has 0 radical (unpaired) electrons. The summed E-state index contributed by atoms with van der Waals surface area (Å²) in [5, 5.41) is 43.5. The highest BCUT2D eigenvalue weighted by atomic mass is 15.0. The number of imidazole rings is 2. The summed E-state index contributed by atoms with van der Waals surface area (Å²) in [5.41, 5.74) is 3.71. The summed E-state index contributed by atoms with van der Waals surface area (Å²) in [7, 11) is 3.62. The van der Waals surface area contributed by atoms with Crippen LogP contribution in [0.15, 0.2) is 36.4 Å². The third-order valence-corrected chi connectivity index (χ3v) is 6.46. The standard InChI is InChI=1S/C26H12N8/c1-33-23-17-5-6-18-22-14(8-20-24(18)34(2)26(32-20)16(11-29)12-30)4-3-13(21(17)22)7-19(23)31-25(33)15(9-27)10-28/h3-8H,1-2H3. The first-order chi connectivity index (χ1) is 16.5. The molecule has 0 fully saturated rings. The van der Waals surface area contributed by atoms with Gasteiger partial charge in [-0.15, -0.1) is 0 Å². The molecule has 34 heavy (non-hydrogen) atoms. The van der Waals surface area contributed by atoms with Crippen molar-refractivity contribution in [2.24, 2.45) is 14.1 Å². The van der Waals surface area contributed by atoms with Crippen LogP contribution >= 0.6 is 0 Å². The van der Waals surface area contributed by atoms with Crippen LogP contribution in [0.4, 0.5) is 0 Å². The molecule has 6 rings (SSSR count). The Hall–Kier alpha value is -5.44. The molecule has 0 N–H and O–H groups in total. The fraction of sp³-hybridized carbons (Fsp3) is 0.0769. The van der Waals surface area contributed by atoms with Crippen molar-refractivity contribution < 1.29 is 0 Å². The molecule has 6 aromatic rings. The van der Waals surface area contributed by atoms with E-state index in [0.29, 0.717) is 22.0 Å². The zero-order valence-corrected chi connectivity index (χ0v) is 18.0. The van der Waals surface area contributed by atoms with E-state index >= 15 is 0 Å². The lowest BCUT2D eigenvalue weighted by Gasteiger charge is -2.13. The maximum atomic E-state index is 9.37. The van der Waals surface area contributed by atoms with Crippen molar-refractivity contribution in [3.8, 4) is 24.3 Å². The lowest BCUT2D eigenvalue weighted by molar-refractivity contribution is 0.899. The molecule has 0 aliphatic rings. The summed E-state index contributed by atoms with van der Waals surface area (Å²) in [4.78, 5) is 9.18. The number of aromatic nitrogens is 4. The first-order valence-electron chi connectivity index (χ1n) is 10.3. The largest absolute Gasteiger partial charge is 0.325 e. The van der Waals surface area contributed by atoms with Gasteiger partial charge < -0.3 is 9.13 Å². The Labute approximate surface area is 191 Å². The first kappa shape index (κ1) is 19.3. The predicted octanol–water partition coefficient (Wildman–Crippen LogP) is 2.75. The Balaban J connectivity index is 1.89. The van der Waals surface area contributed by atoms with Gasteiger partial charge in [0.2, 0.25) is 0 Å². The maximum Gasteiger partial charge on any atom is 0.172 e. The van der Waals surface area contributed by atoms with E-state index in [4.69, 9.17) is 0 Å². The Bertz CT molecular complexity index is 1990. The van der Waals surface area contributed by atoms with Gasteiger partial charge in [-0.2, -0.15) is 21.0 Å². The minimum absolute atomic E-state index is 0.0357. The highest BCUT2D eigenvalue weighted by Gasteiger charge is 2.19. The minimum atomic E-state index is -0.0357. The van der Waals surface area contributed by atoms with Crippen molar-refractivity contribution in [2.75, 3.05) is 0 Å². The van der Waals surface area contributed by atoms with Gasteiger partial charge in [0.05, 0.1) is 22.1 Å². The van der Waals surface area contributed by atoms with Crippen LogP contribution in [-0.2, 0) is 14.1 Å². The highest BCUT2D eigenvalue weighted by Crippen LogP contribution is 2.40. The minimum Gasteiger partial charge on any atom is -0.325 e. The molecule has 0 aliphatic heterocycles. The van der Waals surface area contributed by atoms with Crippen molar-refractivity contribution in [2.45, 2.75) is 0 Å². The predicted molar refractivity (Wildman–Crippen MR) is 127 cm³/mol. The summed E-state index contributed by atoms with van der Waals surface area (Å²) in [6.07, 6.45) is 0. The number of hydrogen-bond donors (Lipinski definition) is 0. The third kappa shape index (κ3) is 2.21. The second-order valence-electron chi connectivity index (χ2n) is 8.10. The van der Waals surface area contributed by atoms with E-state index in [-0.39, 0.29) is 11.1 Å². The van der Waals surface area contributed by atoms with Crippen LogP contribution in [0.1, 0.15) is 0 Å². The maximum absolute atomic E-state index is 9.37. The van der Waals surface area contributed by atoms with Crippen molar-refractivity contribution in [3.05, 3.63) is 47.4 Å². The Kier molecular flexibility index (Phi) is 3.70. The van der Waals surface area contributed by atoms with E-state index in [1.54, 1.807) is 9.13 Å². The van der Waals surface area contributed by atoms with Gasteiger partial charge in [0, 0.05) is 24.9 Å². The molecule has 0 amide bonds. The van der Waals surface area contributed by atoms with Gasteiger partial charge in [-0.3, -0.25) is 0 Å². The molecule has 156 valence electrons. The SMILES string of the molecule is Cn1c(=C(C#N)C#N)nc2cc3ccc4cc5nc(=C(C#N)C#N)n(C)c5c5ccc(c3c45)c21. The normalized spacial score (nSPS) is 11.1. The first-order valence-corrected chi connectivity index (χ1v) is 10.3. The summed E-state index contributed by atoms with van der Waals surface area (Å²) in [5.74, 6) is 0. The van der Waals surface area contributed by atoms with E-state index in [0.717, 1.165) is 43.4 Å². The van der Waals surface area contributed by atoms with Crippen LogP contribution in [0.3, 0.4) is 0 Å². The molecule has 0 spiro atoms. The number of rotatable bonds is 0. The fourth-order valence-electron chi connectivity index (χ4n) is 5.05. The van der Waals surface area contributed by atoms with Gasteiger partial charge in [-0.25, -0.2) is 9.97 Å². The molecule has 0 saturated heterocycles. The number of fused-ring (bicyclic) bond motifs is 4. The van der Waals surface area contributed by atoms with Crippen LogP contribution in [-0.4, -0.2) is 19.1 Å². The van der Waals surface area contributed by atoms with Crippen LogP contribution in [0.25, 0.3) is 65.5 Å². The Morgan fingerprint density at radius 2 is 1.03 bits per heavy atom. The average Bonchev–Trinajstić information content (AvgIpc) is 3.35. The molecule has 0 aliphatic carbocycles. The second-order valence-corrected chi connectivity index (χ2v) is 8.10. The van der Waals surface area contributed by atoms with Crippen LogP contribution in [0.5, 0.6) is 0 Å². The molecular weight excluding hydrogens is 424 g/mol. The number of hydrogen-bond acceptors (Lipinski definition) is 6. The van der Waals surface area contributed by atoms with Crippen LogP contribution in [0, 0.1) is 45.3 Å². The van der Waals surface area contributed by atoms with Gasteiger partial charge >= 0.3 is 0 Å². The number of nitrogens with zero attached hydrogens (tertiary/aromatic N) is 8. The van der Waals surface area contributed by atoms with Crippen LogP contribution < -0.4 is 11.0 Å². The van der Waals surface area contributed by atoms with Gasteiger partial charge in [-0.1, -0.05) is 24.3 Å². The number of aryl methyl sites for hydroxylation is 2. The smallest absolute Gasteiger partial charge is 0.172 e. The lowest BCUT2D eigenvalue weighted by atomic mass is 9.92. The molecule has 0 saturated carbocycles. The Morgan fingerprint density at radius 1 is 0.647 bits per heavy atom. The quantitative estimate of drug-likeness (QED) is 0.337. The van der Waals surface area contributed by atoms with E-state index in [2.05, 4.69) is 9.97 Å². The topological polar surface area (TPSA) is 131 Å². The molecule has 2 aromatic heterocycles. The van der Waals surface area contributed by atoms with E-state index in [9.17, 15) is 21.0 Å². The van der Waals surface area contributed by atoms with Gasteiger partial charge in [0.15, 0.2) is 22.1 Å². The summed E-state index contributed by atoms with van der Waals surface area (Å²) in [6, 6.07) is 19.8.